The Morgan fingerprint density at radius 3 is 2.52 bits per heavy atom. The minimum atomic E-state index is 0.703. The van der Waals surface area contributed by atoms with Crippen LogP contribution in [0, 0.1) is 0 Å². The van der Waals surface area contributed by atoms with Crippen LogP contribution in [-0.4, -0.2) is 9.55 Å². The van der Waals surface area contributed by atoms with E-state index < -0.39 is 0 Å². The minimum Gasteiger partial charge on any atom is -0.319 e. The molecular weight excluding hydrogens is 324 g/mol. The summed E-state index contributed by atoms with van der Waals surface area (Å²) in [6, 6.07) is 18.4. The first-order chi connectivity index (χ1) is 10.2. The van der Waals surface area contributed by atoms with Gasteiger partial charge in [0.15, 0.2) is 0 Å². The summed E-state index contributed by atoms with van der Waals surface area (Å²) in [5.41, 5.74) is 3.28. The highest BCUT2D eigenvalue weighted by Crippen LogP contribution is 2.20. The van der Waals surface area contributed by atoms with Gasteiger partial charge in [0.05, 0.1) is 17.6 Å². The Labute approximate surface area is 132 Å². The van der Waals surface area contributed by atoms with E-state index in [0.717, 1.165) is 26.9 Å². The number of hydrogen-bond donors (Lipinski definition) is 0. The lowest BCUT2D eigenvalue weighted by molar-refractivity contribution is 0.833. The largest absolute Gasteiger partial charge is 0.319 e. The predicted molar refractivity (Wildman–Crippen MR) is 93.2 cm³/mol. The zero-order valence-electron chi connectivity index (χ0n) is 11.5. The first kappa shape index (κ1) is 13.8. The molecule has 1 heterocycles. The molecule has 0 bridgehead atoms. The second-order valence-corrected chi connectivity index (χ2v) is 5.93. The molecule has 2 aromatic carbocycles. The van der Waals surface area contributed by atoms with Gasteiger partial charge in [-0.05, 0) is 23.8 Å². The average Bonchev–Trinajstić information content (AvgIpc) is 2.84. The van der Waals surface area contributed by atoms with Crippen molar-refractivity contribution in [1.82, 2.24) is 9.55 Å². The zero-order valence-corrected chi connectivity index (χ0v) is 13.1. The van der Waals surface area contributed by atoms with Crippen LogP contribution in [0.4, 0.5) is 0 Å². The van der Waals surface area contributed by atoms with Crippen LogP contribution in [0.5, 0.6) is 0 Å². The Bertz CT molecular complexity index is 800. The van der Waals surface area contributed by atoms with Crippen molar-refractivity contribution < 1.29 is 0 Å². The number of rotatable bonds is 4. The monoisotopic (exact) mass is 338 g/mol. The third-order valence-corrected chi connectivity index (χ3v) is 3.49. The maximum atomic E-state index is 4.70. The van der Waals surface area contributed by atoms with Crippen LogP contribution in [0.3, 0.4) is 0 Å². The molecule has 0 fully saturated rings. The molecule has 3 heteroatoms. The number of para-hydroxylation sites is 2. The molecule has 0 saturated carbocycles. The standard InChI is InChI=1S/C18H15BrN2/c1-14(19)13-21-17-10-6-5-9-16(17)20-18(21)12-11-15-7-3-2-4-8-15/h2-12H,1,13H2/b12-11-. The van der Waals surface area contributed by atoms with E-state index in [1.165, 1.54) is 0 Å². The van der Waals surface area contributed by atoms with Gasteiger partial charge in [0, 0.05) is 4.48 Å². The van der Waals surface area contributed by atoms with Gasteiger partial charge < -0.3 is 4.57 Å². The fraction of sp³-hybridized carbons (Fsp3) is 0.0556. The molecule has 1 aromatic heterocycles. The summed E-state index contributed by atoms with van der Waals surface area (Å²) >= 11 is 3.44. The SMILES string of the molecule is C=C(Br)Cn1c(/C=C\c2ccccc2)nc2ccccc21. The first-order valence-corrected chi connectivity index (χ1v) is 7.55. The van der Waals surface area contributed by atoms with Gasteiger partial charge in [-0.25, -0.2) is 4.98 Å². The van der Waals surface area contributed by atoms with E-state index in [-0.39, 0.29) is 0 Å². The Morgan fingerprint density at radius 1 is 1.05 bits per heavy atom. The predicted octanol–water partition coefficient (Wildman–Crippen LogP) is 5.12. The molecule has 0 amide bonds. The zero-order chi connectivity index (χ0) is 14.7. The van der Waals surface area contributed by atoms with Crippen molar-refractivity contribution in [2.45, 2.75) is 6.54 Å². The van der Waals surface area contributed by atoms with Gasteiger partial charge in [-0.3, -0.25) is 0 Å². The van der Waals surface area contributed by atoms with E-state index in [2.05, 4.69) is 51.4 Å². The molecule has 0 aliphatic rings. The number of aromatic nitrogens is 2. The number of halogens is 1. The van der Waals surface area contributed by atoms with E-state index in [4.69, 9.17) is 4.98 Å². The quantitative estimate of drug-likeness (QED) is 0.645. The highest BCUT2D eigenvalue weighted by Gasteiger charge is 2.08. The van der Waals surface area contributed by atoms with Crippen molar-refractivity contribution in [3.05, 3.63) is 77.0 Å². The van der Waals surface area contributed by atoms with Crippen LogP contribution in [0.2, 0.25) is 0 Å². The third kappa shape index (κ3) is 3.14. The van der Waals surface area contributed by atoms with E-state index >= 15 is 0 Å². The number of allylic oxidation sites excluding steroid dienone is 1. The highest BCUT2D eigenvalue weighted by atomic mass is 79.9. The maximum Gasteiger partial charge on any atom is 0.134 e. The molecule has 0 spiro atoms. The van der Waals surface area contributed by atoms with Crippen molar-refractivity contribution in [1.29, 1.82) is 0 Å². The lowest BCUT2D eigenvalue weighted by Crippen LogP contribution is -1.99. The molecule has 0 aliphatic carbocycles. The van der Waals surface area contributed by atoms with Gasteiger partial charge in [-0.2, -0.15) is 0 Å². The number of benzene rings is 2. The number of hydrogen-bond acceptors (Lipinski definition) is 1. The molecule has 0 N–H and O–H groups in total. The first-order valence-electron chi connectivity index (χ1n) is 6.76. The summed E-state index contributed by atoms with van der Waals surface area (Å²) in [5, 5.41) is 0. The maximum absolute atomic E-state index is 4.70. The Hall–Kier alpha value is -2.13. The van der Waals surface area contributed by atoms with Crippen molar-refractivity contribution in [3.8, 4) is 0 Å². The van der Waals surface area contributed by atoms with Gasteiger partial charge in [-0.15, -0.1) is 0 Å². The average molecular weight is 339 g/mol. The van der Waals surface area contributed by atoms with Gasteiger partial charge >= 0.3 is 0 Å². The molecule has 0 aliphatic heterocycles. The summed E-state index contributed by atoms with van der Waals surface area (Å²) in [6.45, 7) is 4.64. The van der Waals surface area contributed by atoms with E-state index in [9.17, 15) is 0 Å². The fourth-order valence-corrected chi connectivity index (χ4v) is 2.54. The van der Waals surface area contributed by atoms with Crippen LogP contribution in [0.1, 0.15) is 11.4 Å². The molecule has 0 unspecified atom stereocenters. The second-order valence-electron chi connectivity index (χ2n) is 4.81. The smallest absolute Gasteiger partial charge is 0.134 e. The van der Waals surface area contributed by atoms with E-state index in [0.29, 0.717) is 6.54 Å². The van der Waals surface area contributed by atoms with E-state index in [1.54, 1.807) is 0 Å². The molecule has 0 saturated heterocycles. The van der Waals surface area contributed by atoms with Crippen molar-refractivity contribution in [2.24, 2.45) is 0 Å². The Balaban J connectivity index is 2.04. The molecule has 104 valence electrons. The van der Waals surface area contributed by atoms with Crippen LogP contribution >= 0.6 is 15.9 Å². The normalized spacial score (nSPS) is 11.3. The summed E-state index contributed by atoms with van der Waals surface area (Å²) in [7, 11) is 0. The molecule has 21 heavy (non-hydrogen) atoms. The highest BCUT2D eigenvalue weighted by molar-refractivity contribution is 9.11. The summed E-state index contributed by atoms with van der Waals surface area (Å²) in [5.74, 6) is 0.931. The lowest BCUT2D eigenvalue weighted by Gasteiger charge is -2.05. The van der Waals surface area contributed by atoms with Gasteiger partial charge in [0.25, 0.3) is 0 Å². The molecule has 3 aromatic rings. The lowest BCUT2D eigenvalue weighted by atomic mass is 10.2. The summed E-state index contributed by atoms with van der Waals surface area (Å²) in [4.78, 5) is 4.70. The van der Waals surface area contributed by atoms with Gasteiger partial charge in [-0.1, -0.05) is 71.0 Å². The van der Waals surface area contributed by atoms with Gasteiger partial charge in [0.1, 0.15) is 5.82 Å². The number of imidazole rings is 1. The fourth-order valence-electron chi connectivity index (χ4n) is 2.29. The molecular formula is C18H15BrN2. The van der Waals surface area contributed by atoms with Crippen LogP contribution < -0.4 is 0 Å². The summed E-state index contributed by atoms with van der Waals surface area (Å²) < 4.78 is 3.09. The minimum absolute atomic E-state index is 0.703. The molecule has 0 radical (unpaired) electrons. The van der Waals surface area contributed by atoms with Crippen molar-refractivity contribution >= 4 is 39.1 Å². The molecule has 3 rings (SSSR count). The van der Waals surface area contributed by atoms with Crippen LogP contribution in [0.15, 0.2) is 65.7 Å². The topological polar surface area (TPSA) is 17.8 Å². The van der Waals surface area contributed by atoms with Crippen molar-refractivity contribution in [2.75, 3.05) is 0 Å². The summed E-state index contributed by atoms with van der Waals surface area (Å²) in [6.07, 6.45) is 4.12. The third-order valence-electron chi connectivity index (χ3n) is 3.24. The molecule has 0 atom stereocenters. The van der Waals surface area contributed by atoms with Gasteiger partial charge in [0.2, 0.25) is 0 Å². The van der Waals surface area contributed by atoms with Crippen LogP contribution in [0.25, 0.3) is 23.2 Å². The Kier molecular flexibility index (Phi) is 4.02. The second kappa shape index (κ2) is 6.10. The number of nitrogens with zero attached hydrogens (tertiary/aromatic N) is 2. The Morgan fingerprint density at radius 2 is 1.76 bits per heavy atom. The number of fused-ring (bicyclic) bond motifs is 1. The molecule has 2 nitrogen and oxygen atoms in total. The van der Waals surface area contributed by atoms with Crippen molar-refractivity contribution in [3.63, 3.8) is 0 Å². The van der Waals surface area contributed by atoms with Crippen LogP contribution in [-0.2, 0) is 6.54 Å². The van der Waals surface area contributed by atoms with E-state index in [1.807, 2.05) is 42.5 Å².